The molecule has 0 heterocycles. The summed E-state index contributed by atoms with van der Waals surface area (Å²) >= 11 is 6.05. The highest BCUT2D eigenvalue weighted by Gasteiger charge is 2.24. The number of halogens is 3. The Kier molecular flexibility index (Phi) is 4.40. The van der Waals surface area contributed by atoms with Gasteiger partial charge in [-0.2, -0.15) is 0 Å². The molecule has 6 heteroatoms. The second-order valence-electron chi connectivity index (χ2n) is 4.23. The molecule has 0 saturated carbocycles. The summed E-state index contributed by atoms with van der Waals surface area (Å²) in [7, 11) is -3.93. The molecule has 0 amide bonds. The quantitative estimate of drug-likeness (QED) is 0.636. The highest BCUT2D eigenvalue weighted by atomic mass is 35.5. The maximum absolute atomic E-state index is 13.5. The topological polar surface area (TPSA) is 34.1 Å². The van der Waals surface area contributed by atoms with Gasteiger partial charge in [-0.25, -0.2) is 17.2 Å². The van der Waals surface area contributed by atoms with Gasteiger partial charge in [0.2, 0.25) is 0 Å². The first-order valence-electron chi connectivity index (χ1n) is 5.77. The first kappa shape index (κ1) is 14.9. The third-order valence-electron chi connectivity index (χ3n) is 2.76. The molecule has 0 aliphatic heterocycles. The first-order chi connectivity index (χ1) is 9.40. The van der Waals surface area contributed by atoms with Crippen LogP contribution < -0.4 is 0 Å². The second-order valence-corrected chi connectivity index (χ2v) is 6.76. The van der Waals surface area contributed by atoms with Gasteiger partial charge in [0.25, 0.3) is 0 Å². The Morgan fingerprint density at radius 1 is 1.05 bits per heavy atom. The van der Waals surface area contributed by atoms with Gasteiger partial charge in [0, 0.05) is 6.07 Å². The average molecular weight is 317 g/mol. The highest BCUT2D eigenvalue weighted by Crippen LogP contribution is 2.26. The molecule has 0 aliphatic rings. The smallest absolute Gasteiger partial charge is 0.183 e. The zero-order valence-electron chi connectivity index (χ0n) is 10.3. The van der Waals surface area contributed by atoms with E-state index in [0.717, 1.165) is 12.1 Å². The minimum absolute atomic E-state index is 0.457. The average Bonchev–Trinajstić information content (AvgIpc) is 2.38. The van der Waals surface area contributed by atoms with Crippen molar-refractivity contribution in [2.75, 3.05) is 5.75 Å². The van der Waals surface area contributed by atoms with Crippen LogP contribution in [0, 0.1) is 11.6 Å². The molecule has 0 fully saturated rings. The Balaban J connectivity index is 2.28. The van der Waals surface area contributed by atoms with Crippen LogP contribution in [-0.4, -0.2) is 14.2 Å². The standard InChI is InChI=1S/C14H11ClF2O2S/c15-12(10-4-2-1-3-5-10)9-20(18,19)14-7-6-11(16)8-13(14)17/h1-8,12H,9H2. The molecule has 0 bridgehead atoms. The molecule has 1 atom stereocenters. The van der Waals surface area contributed by atoms with E-state index in [1.54, 1.807) is 30.3 Å². The SMILES string of the molecule is O=S(=O)(CC(Cl)c1ccccc1)c1ccc(F)cc1F. The number of rotatable bonds is 4. The maximum Gasteiger partial charge on any atom is 0.183 e. The molecule has 0 radical (unpaired) electrons. The van der Waals surface area contributed by atoms with Gasteiger partial charge in [-0.05, 0) is 17.7 Å². The van der Waals surface area contributed by atoms with Crippen LogP contribution in [0.15, 0.2) is 53.4 Å². The van der Waals surface area contributed by atoms with Gasteiger partial charge in [-0.15, -0.1) is 11.6 Å². The van der Waals surface area contributed by atoms with Crippen molar-refractivity contribution in [1.82, 2.24) is 0 Å². The fourth-order valence-corrected chi connectivity index (χ4v) is 3.80. The fourth-order valence-electron chi connectivity index (χ4n) is 1.77. The Labute approximate surface area is 120 Å². The summed E-state index contributed by atoms with van der Waals surface area (Å²) in [6.45, 7) is 0. The molecule has 20 heavy (non-hydrogen) atoms. The van der Waals surface area contributed by atoms with Crippen molar-refractivity contribution in [2.45, 2.75) is 10.3 Å². The number of benzene rings is 2. The summed E-state index contributed by atoms with van der Waals surface area (Å²) in [4.78, 5) is -0.541. The zero-order chi connectivity index (χ0) is 14.8. The minimum atomic E-state index is -3.93. The normalized spacial score (nSPS) is 13.2. The molecule has 0 saturated heterocycles. The Bertz CT molecular complexity index is 702. The van der Waals surface area contributed by atoms with Crippen LogP contribution in [0.1, 0.15) is 10.9 Å². The Morgan fingerprint density at radius 3 is 2.30 bits per heavy atom. The lowest BCUT2D eigenvalue weighted by Gasteiger charge is -2.11. The summed E-state index contributed by atoms with van der Waals surface area (Å²) in [5.74, 6) is -2.39. The van der Waals surface area contributed by atoms with Crippen molar-refractivity contribution in [2.24, 2.45) is 0 Å². The molecule has 0 aliphatic carbocycles. The van der Waals surface area contributed by atoms with Crippen molar-refractivity contribution in [3.05, 3.63) is 65.7 Å². The number of sulfone groups is 1. The summed E-state index contributed by atoms with van der Waals surface area (Å²) in [6.07, 6.45) is 0. The Hall–Kier alpha value is -1.46. The van der Waals surface area contributed by atoms with Crippen LogP contribution in [0.3, 0.4) is 0 Å². The first-order valence-corrected chi connectivity index (χ1v) is 7.86. The molecule has 106 valence electrons. The molecule has 2 aromatic rings. The molecule has 0 N–H and O–H groups in total. The van der Waals surface area contributed by atoms with Crippen LogP contribution in [0.25, 0.3) is 0 Å². The molecule has 2 rings (SSSR count). The highest BCUT2D eigenvalue weighted by molar-refractivity contribution is 7.91. The van der Waals surface area contributed by atoms with Gasteiger partial charge < -0.3 is 0 Å². The van der Waals surface area contributed by atoms with Gasteiger partial charge >= 0.3 is 0 Å². The van der Waals surface area contributed by atoms with E-state index in [2.05, 4.69) is 0 Å². The molecule has 0 spiro atoms. The predicted octanol–water partition coefficient (Wildman–Crippen LogP) is 3.72. The monoisotopic (exact) mass is 316 g/mol. The van der Waals surface area contributed by atoms with E-state index >= 15 is 0 Å². The van der Waals surface area contributed by atoms with Crippen molar-refractivity contribution in [3.8, 4) is 0 Å². The summed E-state index contributed by atoms with van der Waals surface area (Å²) in [5, 5.41) is -0.800. The van der Waals surface area contributed by atoms with E-state index < -0.39 is 37.5 Å². The van der Waals surface area contributed by atoms with Gasteiger partial charge in [0.15, 0.2) is 9.84 Å². The summed E-state index contributed by atoms with van der Waals surface area (Å²) < 4.78 is 50.5. The Morgan fingerprint density at radius 2 is 1.70 bits per heavy atom. The van der Waals surface area contributed by atoms with E-state index in [-0.39, 0.29) is 0 Å². The van der Waals surface area contributed by atoms with E-state index in [1.807, 2.05) is 0 Å². The lowest BCUT2D eigenvalue weighted by atomic mass is 10.2. The molecule has 2 aromatic carbocycles. The zero-order valence-corrected chi connectivity index (χ0v) is 11.8. The van der Waals surface area contributed by atoms with Crippen LogP contribution in [0.5, 0.6) is 0 Å². The van der Waals surface area contributed by atoms with Crippen molar-refractivity contribution in [3.63, 3.8) is 0 Å². The maximum atomic E-state index is 13.5. The summed E-state index contributed by atoms with van der Waals surface area (Å²) in [6, 6.07) is 11.0. The van der Waals surface area contributed by atoms with Crippen molar-refractivity contribution in [1.29, 1.82) is 0 Å². The number of hydrogen-bond acceptors (Lipinski definition) is 2. The van der Waals surface area contributed by atoms with Crippen LogP contribution in [-0.2, 0) is 9.84 Å². The van der Waals surface area contributed by atoms with Crippen LogP contribution in [0.2, 0.25) is 0 Å². The van der Waals surface area contributed by atoms with E-state index in [1.165, 1.54) is 0 Å². The number of alkyl halides is 1. The molecule has 2 nitrogen and oxygen atoms in total. The van der Waals surface area contributed by atoms with Gasteiger partial charge in [0.1, 0.15) is 16.5 Å². The fraction of sp³-hybridized carbons (Fsp3) is 0.143. The van der Waals surface area contributed by atoms with Gasteiger partial charge in [-0.3, -0.25) is 0 Å². The van der Waals surface area contributed by atoms with Gasteiger partial charge in [-0.1, -0.05) is 30.3 Å². The van der Waals surface area contributed by atoms with Gasteiger partial charge in [0.05, 0.1) is 11.1 Å². The number of hydrogen-bond donors (Lipinski definition) is 0. The largest absolute Gasteiger partial charge is 0.224 e. The van der Waals surface area contributed by atoms with E-state index in [0.29, 0.717) is 11.6 Å². The molecular weight excluding hydrogens is 306 g/mol. The lowest BCUT2D eigenvalue weighted by molar-refractivity contribution is 0.548. The van der Waals surface area contributed by atoms with Crippen LogP contribution in [0.4, 0.5) is 8.78 Å². The minimum Gasteiger partial charge on any atom is -0.224 e. The lowest BCUT2D eigenvalue weighted by Crippen LogP contribution is -2.13. The summed E-state index contributed by atoms with van der Waals surface area (Å²) in [5.41, 5.74) is 0.625. The third-order valence-corrected chi connectivity index (χ3v) is 5.12. The molecule has 1 unspecified atom stereocenters. The second kappa shape index (κ2) is 5.89. The van der Waals surface area contributed by atoms with Crippen molar-refractivity contribution >= 4 is 21.4 Å². The van der Waals surface area contributed by atoms with Crippen LogP contribution >= 0.6 is 11.6 Å². The predicted molar refractivity (Wildman–Crippen MR) is 73.4 cm³/mol. The van der Waals surface area contributed by atoms with E-state index in [4.69, 9.17) is 11.6 Å². The molecular formula is C14H11ClF2O2S. The van der Waals surface area contributed by atoms with E-state index in [9.17, 15) is 17.2 Å². The third kappa shape index (κ3) is 3.35. The molecule has 0 aromatic heterocycles. The van der Waals surface area contributed by atoms with Crippen molar-refractivity contribution < 1.29 is 17.2 Å².